The average molecular weight is 148 g/mol. The molecule has 0 fully saturated rings. The normalized spacial score (nSPS) is 15.8. The molecule has 0 unspecified atom stereocenters. The number of rotatable bonds is 2. The van der Waals surface area contributed by atoms with Gasteiger partial charge in [-0.15, -0.1) is 0 Å². The van der Waals surface area contributed by atoms with Crippen molar-refractivity contribution in [3.63, 3.8) is 0 Å². The third-order valence-corrected chi connectivity index (χ3v) is 1.55. The van der Waals surface area contributed by atoms with Crippen LogP contribution >= 0.6 is 0 Å². The lowest BCUT2D eigenvalue weighted by Crippen LogP contribution is -1.86. The number of aliphatic imine (C=N–C) groups is 2. The molecule has 0 aliphatic carbocycles. The number of hydrogen-bond acceptors (Lipinski definition) is 2. The quantitative estimate of drug-likeness (QED) is 0.574. The molecule has 0 bridgehead atoms. The zero-order chi connectivity index (χ0) is 8.10. The molecule has 11 heavy (non-hydrogen) atoms. The molecule has 0 saturated carbocycles. The van der Waals surface area contributed by atoms with Gasteiger partial charge in [0.25, 0.3) is 0 Å². The topological polar surface area (TPSA) is 24.7 Å². The molecule has 1 aliphatic heterocycles. The fraction of sp³-hybridized carbons (Fsp3) is 0.444. The van der Waals surface area contributed by atoms with E-state index in [2.05, 4.69) is 22.8 Å². The lowest BCUT2D eigenvalue weighted by atomic mass is 10.2. The molecule has 0 atom stereocenters. The van der Waals surface area contributed by atoms with Gasteiger partial charge in [0.2, 0.25) is 0 Å². The SMILES string of the molecule is CCC1=CN=C(CC)N=C=C1. The predicted octanol–water partition coefficient (Wildman–Crippen LogP) is 2.33. The van der Waals surface area contributed by atoms with Crippen LogP contribution in [0.1, 0.15) is 26.7 Å². The fourth-order valence-corrected chi connectivity index (χ4v) is 0.777. The second-order valence-corrected chi connectivity index (χ2v) is 2.34. The molecule has 1 rings (SSSR count). The van der Waals surface area contributed by atoms with Crippen molar-refractivity contribution in [1.82, 2.24) is 0 Å². The molecule has 58 valence electrons. The maximum Gasteiger partial charge on any atom is 0.137 e. The highest BCUT2D eigenvalue weighted by molar-refractivity contribution is 5.89. The largest absolute Gasteiger partial charge is 0.240 e. The third-order valence-electron chi connectivity index (χ3n) is 1.55. The molecule has 1 aliphatic rings. The summed E-state index contributed by atoms with van der Waals surface area (Å²) < 4.78 is 0. The van der Waals surface area contributed by atoms with Crippen LogP contribution in [-0.2, 0) is 0 Å². The Bertz CT molecular complexity index is 229. The highest BCUT2D eigenvalue weighted by atomic mass is 14.9. The second-order valence-electron chi connectivity index (χ2n) is 2.34. The summed E-state index contributed by atoms with van der Waals surface area (Å²) >= 11 is 0. The summed E-state index contributed by atoms with van der Waals surface area (Å²) in [6.07, 6.45) is 5.60. The van der Waals surface area contributed by atoms with E-state index in [1.807, 2.05) is 19.2 Å². The molecule has 0 N–H and O–H groups in total. The Balaban J connectivity index is 2.86. The van der Waals surface area contributed by atoms with Crippen LogP contribution in [0.2, 0.25) is 0 Å². The maximum absolute atomic E-state index is 4.19. The van der Waals surface area contributed by atoms with Gasteiger partial charge in [-0.25, -0.2) is 4.99 Å². The minimum atomic E-state index is 0.852. The van der Waals surface area contributed by atoms with Gasteiger partial charge < -0.3 is 0 Å². The van der Waals surface area contributed by atoms with Gasteiger partial charge in [-0.3, -0.25) is 0 Å². The van der Waals surface area contributed by atoms with E-state index in [1.165, 1.54) is 5.57 Å². The van der Waals surface area contributed by atoms with Gasteiger partial charge in [0.05, 0.1) is 0 Å². The summed E-state index contributed by atoms with van der Waals surface area (Å²) in [5.41, 5.74) is 1.18. The molecule has 0 spiro atoms. The van der Waals surface area contributed by atoms with Crippen LogP contribution < -0.4 is 0 Å². The number of allylic oxidation sites excluding steroid dienone is 2. The standard InChI is InChI=1S/C9H12N2/c1-3-8-5-6-10-9(4-2)11-7-8/h5,7H,3-4H2,1-2H3. The average Bonchev–Trinajstić information content (AvgIpc) is 2.28. The molecular formula is C9H12N2. The van der Waals surface area contributed by atoms with E-state index in [0.717, 1.165) is 18.7 Å². The molecule has 0 aromatic heterocycles. The Kier molecular flexibility index (Phi) is 2.82. The van der Waals surface area contributed by atoms with Crippen LogP contribution in [0.5, 0.6) is 0 Å². The first kappa shape index (κ1) is 7.96. The van der Waals surface area contributed by atoms with Gasteiger partial charge >= 0.3 is 0 Å². The van der Waals surface area contributed by atoms with Crippen LogP contribution in [-0.4, -0.2) is 11.7 Å². The van der Waals surface area contributed by atoms with Gasteiger partial charge in [-0.2, -0.15) is 4.99 Å². The lowest BCUT2D eigenvalue weighted by molar-refractivity contribution is 1.14. The van der Waals surface area contributed by atoms with Gasteiger partial charge in [-0.05, 0) is 17.9 Å². The minimum Gasteiger partial charge on any atom is -0.240 e. The minimum absolute atomic E-state index is 0.852. The Morgan fingerprint density at radius 2 is 2.18 bits per heavy atom. The van der Waals surface area contributed by atoms with Crippen molar-refractivity contribution in [2.45, 2.75) is 26.7 Å². The summed E-state index contributed by atoms with van der Waals surface area (Å²) in [6.45, 7) is 4.13. The van der Waals surface area contributed by atoms with Crippen molar-refractivity contribution in [2.75, 3.05) is 0 Å². The third kappa shape index (κ3) is 2.17. The molecule has 0 amide bonds. The van der Waals surface area contributed by atoms with Gasteiger partial charge in [0.15, 0.2) is 0 Å². The van der Waals surface area contributed by atoms with Crippen molar-refractivity contribution in [3.05, 3.63) is 17.8 Å². The predicted molar refractivity (Wildman–Crippen MR) is 48.1 cm³/mol. The number of amidine groups is 1. The molecule has 0 aromatic rings. The molecular weight excluding hydrogens is 136 g/mol. The van der Waals surface area contributed by atoms with Crippen LogP contribution in [0.3, 0.4) is 0 Å². The van der Waals surface area contributed by atoms with Gasteiger partial charge in [0.1, 0.15) is 5.84 Å². The molecule has 2 heteroatoms. The Hall–Kier alpha value is -1.14. The van der Waals surface area contributed by atoms with E-state index >= 15 is 0 Å². The highest BCUT2D eigenvalue weighted by Crippen LogP contribution is 2.03. The van der Waals surface area contributed by atoms with Crippen LogP contribution in [0.15, 0.2) is 27.8 Å². The Morgan fingerprint density at radius 3 is 2.82 bits per heavy atom. The first-order chi connectivity index (χ1) is 5.36. The zero-order valence-electron chi connectivity index (χ0n) is 6.96. The molecule has 2 nitrogen and oxygen atoms in total. The lowest BCUT2D eigenvalue weighted by Gasteiger charge is -1.89. The van der Waals surface area contributed by atoms with E-state index in [4.69, 9.17) is 0 Å². The smallest absolute Gasteiger partial charge is 0.137 e. The van der Waals surface area contributed by atoms with E-state index in [1.54, 1.807) is 0 Å². The highest BCUT2D eigenvalue weighted by Gasteiger charge is 1.93. The fourth-order valence-electron chi connectivity index (χ4n) is 0.777. The van der Waals surface area contributed by atoms with E-state index in [-0.39, 0.29) is 0 Å². The monoisotopic (exact) mass is 148 g/mol. The first-order valence-corrected chi connectivity index (χ1v) is 3.92. The number of hydrogen-bond donors (Lipinski definition) is 0. The van der Waals surface area contributed by atoms with E-state index in [9.17, 15) is 0 Å². The molecule has 1 heterocycles. The number of nitrogens with zero attached hydrogens (tertiary/aromatic N) is 2. The van der Waals surface area contributed by atoms with Crippen molar-refractivity contribution >= 4 is 11.7 Å². The maximum atomic E-state index is 4.19. The molecule has 0 aromatic carbocycles. The van der Waals surface area contributed by atoms with Gasteiger partial charge in [-0.1, -0.05) is 13.8 Å². The summed E-state index contributed by atoms with van der Waals surface area (Å²) in [7, 11) is 0. The summed E-state index contributed by atoms with van der Waals surface area (Å²) in [5, 5.41) is 0. The van der Waals surface area contributed by atoms with Crippen LogP contribution in [0, 0.1) is 0 Å². The summed E-state index contributed by atoms with van der Waals surface area (Å²) in [6, 6.07) is 0. The van der Waals surface area contributed by atoms with Crippen molar-refractivity contribution in [1.29, 1.82) is 0 Å². The molecule has 0 saturated heterocycles. The zero-order valence-corrected chi connectivity index (χ0v) is 6.96. The summed E-state index contributed by atoms with van der Waals surface area (Å²) in [5.74, 6) is 3.70. The second kappa shape index (κ2) is 3.89. The van der Waals surface area contributed by atoms with Crippen molar-refractivity contribution < 1.29 is 0 Å². The first-order valence-electron chi connectivity index (χ1n) is 3.92. The molecule has 0 radical (unpaired) electrons. The van der Waals surface area contributed by atoms with E-state index < -0.39 is 0 Å². The van der Waals surface area contributed by atoms with Crippen molar-refractivity contribution in [2.24, 2.45) is 9.98 Å². The van der Waals surface area contributed by atoms with E-state index in [0.29, 0.717) is 0 Å². The van der Waals surface area contributed by atoms with Crippen LogP contribution in [0.25, 0.3) is 0 Å². The Morgan fingerprint density at radius 1 is 1.36 bits per heavy atom. The Labute approximate surface area is 67.1 Å². The summed E-state index contributed by atoms with van der Waals surface area (Å²) in [4.78, 5) is 8.22. The van der Waals surface area contributed by atoms with Gasteiger partial charge in [0, 0.05) is 18.7 Å². The van der Waals surface area contributed by atoms with Crippen molar-refractivity contribution in [3.8, 4) is 0 Å². The van der Waals surface area contributed by atoms with Crippen LogP contribution in [0.4, 0.5) is 0 Å².